The summed E-state index contributed by atoms with van der Waals surface area (Å²) < 4.78 is 10.8. The lowest BCUT2D eigenvalue weighted by atomic mass is 10.2. The van der Waals surface area contributed by atoms with Crippen molar-refractivity contribution in [1.29, 1.82) is 0 Å². The summed E-state index contributed by atoms with van der Waals surface area (Å²) in [6, 6.07) is 18.8. The van der Waals surface area contributed by atoms with Gasteiger partial charge in [-0.25, -0.2) is 9.67 Å². The van der Waals surface area contributed by atoms with Gasteiger partial charge in [-0.15, -0.1) is 0 Å². The zero-order valence-corrected chi connectivity index (χ0v) is 19.2. The van der Waals surface area contributed by atoms with Gasteiger partial charge in [0.1, 0.15) is 11.1 Å². The Morgan fingerprint density at radius 1 is 1.09 bits per heavy atom. The quantitative estimate of drug-likeness (QED) is 0.395. The Morgan fingerprint density at radius 3 is 2.64 bits per heavy atom. The number of aromatic nitrogens is 4. The molecule has 8 heteroatoms. The molecule has 5 aromatic rings. The summed E-state index contributed by atoms with van der Waals surface area (Å²) in [5.41, 5.74) is 4.06. The van der Waals surface area contributed by atoms with Crippen molar-refractivity contribution >= 4 is 33.8 Å². The first kappa shape index (κ1) is 21.0. The van der Waals surface area contributed by atoms with Crippen LogP contribution < -0.4 is 15.9 Å². The van der Waals surface area contributed by atoms with Crippen molar-refractivity contribution in [3.63, 3.8) is 0 Å². The molecule has 0 radical (unpaired) electrons. The van der Waals surface area contributed by atoms with Crippen molar-refractivity contribution in [1.82, 2.24) is 18.7 Å². The molecule has 0 amide bonds. The van der Waals surface area contributed by atoms with Crippen LogP contribution in [0.25, 0.3) is 22.2 Å². The van der Waals surface area contributed by atoms with Crippen molar-refractivity contribution < 1.29 is 4.74 Å². The predicted octanol–water partition coefficient (Wildman–Crippen LogP) is 4.57. The topological polar surface area (TPSA) is 65.8 Å². The Bertz CT molecular complexity index is 1630. The van der Waals surface area contributed by atoms with Gasteiger partial charge in [0, 0.05) is 19.3 Å². The molecular formula is C25H22ClN5O2. The monoisotopic (exact) mass is 459 g/mol. The highest BCUT2D eigenvalue weighted by Crippen LogP contribution is 2.29. The van der Waals surface area contributed by atoms with Crippen LogP contribution in [0.3, 0.4) is 0 Å². The lowest BCUT2D eigenvalue weighted by molar-refractivity contribution is 0.340. The summed E-state index contributed by atoms with van der Waals surface area (Å²) >= 11 is 6.24. The highest BCUT2D eigenvalue weighted by Gasteiger charge is 2.18. The van der Waals surface area contributed by atoms with E-state index in [-0.39, 0.29) is 5.56 Å². The molecule has 0 saturated carbocycles. The summed E-state index contributed by atoms with van der Waals surface area (Å²) in [4.78, 5) is 23.1. The minimum absolute atomic E-state index is 0.133. The summed E-state index contributed by atoms with van der Waals surface area (Å²) in [5, 5.41) is 1.06. The second-order valence-electron chi connectivity index (χ2n) is 7.71. The zero-order chi connectivity index (χ0) is 23.1. The summed E-state index contributed by atoms with van der Waals surface area (Å²) in [6.45, 7) is 4.40. The number of ether oxygens (including phenoxy) is 1. The van der Waals surface area contributed by atoms with Crippen molar-refractivity contribution in [3.8, 4) is 11.4 Å². The fourth-order valence-electron chi connectivity index (χ4n) is 3.95. The van der Waals surface area contributed by atoms with Gasteiger partial charge in [-0.2, -0.15) is 4.98 Å². The van der Waals surface area contributed by atoms with E-state index in [0.717, 1.165) is 16.8 Å². The molecule has 3 aromatic heterocycles. The fraction of sp³-hybridized carbons (Fsp3) is 0.160. The number of hydrogen-bond donors (Lipinski definition) is 0. The van der Waals surface area contributed by atoms with E-state index in [1.807, 2.05) is 80.0 Å². The Balaban J connectivity index is 1.86. The molecule has 7 nitrogen and oxygen atoms in total. The number of para-hydroxylation sites is 1. The van der Waals surface area contributed by atoms with Crippen LogP contribution in [0.5, 0.6) is 5.75 Å². The van der Waals surface area contributed by atoms with E-state index in [0.29, 0.717) is 39.7 Å². The van der Waals surface area contributed by atoms with Crippen molar-refractivity contribution in [2.75, 3.05) is 6.61 Å². The summed E-state index contributed by atoms with van der Waals surface area (Å²) in [6.07, 6.45) is 1.88. The van der Waals surface area contributed by atoms with Crippen LogP contribution in [0.1, 0.15) is 12.5 Å². The molecule has 0 aliphatic heterocycles. The number of aryl methyl sites for hydroxylation is 2. The van der Waals surface area contributed by atoms with Gasteiger partial charge >= 0.3 is 0 Å². The van der Waals surface area contributed by atoms with Gasteiger partial charge < -0.3 is 4.74 Å². The Hall–Kier alpha value is -3.84. The van der Waals surface area contributed by atoms with Crippen LogP contribution in [-0.4, -0.2) is 25.4 Å². The standard InChI is InChI=1S/C25H22ClN5O2/c1-4-33-21-15-17(10-11-19(21)26)27-25-28-23-22(20-14-16(2)12-13-30(20)25)24(32)31(29(23)3)18-8-6-5-7-9-18/h5-15H,4H2,1-3H3. The van der Waals surface area contributed by atoms with Crippen LogP contribution in [-0.2, 0) is 7.05 Å². The Labute approximate surface area is 194 Å². The Kier molecular flexibility index (Phi) is 5.26. The van der Waals surface area contributed by atoms with E-state index in [1.165, 1.54) is 0 Å². The number of pyridine rings is 1. The van der Waals surface area contributed by atoms with Crippen molar-refractivity contribution in [2.45, 2.75) is 13.8 Å². The largest absolute Gasteiger partial charge is 0.492 e. The maximum Gasteiger partial charge on any atom is 0.283 e. The van der Waals surface area contributed by atoms with E-state index in [2.05, 4.69) is 0 Å². The molecule has 0 bridgehead atoms. The Morgan fingerprint density at radius 2 is 1.88 bits per heavy atom. The second-order valence-corrected chi connectivity index (χ2v) is 8.11. The zero-order valence-electron chi connectivity index (χ0n) is 18.5. The lowest BCUT2D eigenvalue weighted by Gasteiger charge is -2.08. The lowest BCUT2D eigenvalue weighted by Crippen LogP contribution is -2.20. The molecule has 0 unspecified atom stereocenters. The average Bonchev–Trinajstić information content (AvgIpc) is 3.06. The fourth-order valence-corrected chi connectivity index (χ4v) is 4.12. The first-order valence-corrected chi connectivity index (χ1v) is 11.0. The van der Waals surface area contributed by atoms with E-state index in [1.54, 1.807) is 21.5 Å². The number of hydrogen-bond acceptors (Lipinski definition) is 4. The van der Waals surface area contributed by atoms with Crippen LogP contribution >= 0.6 is 11.6 Å². The normalized spacial score (nSPS) is 12.1. The second kappa shape index (κ2) is 8.26. The van der Waals surface area contributed by atoms with Crippen LogP contribution in [0.2, 0.25) is 5.02 Å². The summed E-state index contributed by atoms with van der Waals surface area (Å²) in [7, 11) is 1.83. The SMILES string of the molecule is CCOc1cc(N=c2nc3c(c(=O)n(-c4ccccc4)n3C)c3cc(C)ccn23)ccc1Cl. The molecule has 0 saturated heterocycles. The molecule has 0 aliphatic carbocycles. The van der Waals surface area contributed by atoms with Crippen molar-refractivity contribution in [3.05, 3.63) is 93.4 Å². The molecule has 0 aliphatic rings. The van der Waals surface area contributed by atoms with Crippen LogP contribution in [0.15, 0.2) is 76.6 Å². The number of benzene rings is 2. The highest BCUT2D eigenvalue weighted by atomic mass is 35.5. The minimum atomic E-state index is -0.133. The molecule has 0 N–H and O–H groups in total. The molecule has 3 heterocycles. The minimum Gasteiger partial charge on any atom is -0.492 e. The predicted molar refractivity (Wildman–Crippen MR) is 130 cm³/mol. The number of nitrogens with zero attached hydrogens (tertiary/aromatic N) is 5. The van der Waals surface area contributed by atoms with Crippen LogP contribution in [0, 0.1) is 6.92 Å². The number of rotatable bonds is 4. The molecular weight excluding hydrogens is 438 g/mol. The maximum atomic E-state index is 13.5. The van der Waals surface area contributed by atoms with E-state index in [4.69, 9.17) is 26.3 Å². The van der Waals surface area contributed by atoms with Gasteiger partial charge in [0.05, 0.1) is 28.5 Å². The van der Waals surface area contributed by atoms with Gasteiger partial charge in [0.25, 0.3) is 5.56 Å². The molecule has 166 valence electrons. The van der Waals surface area contributed by atoms with Crippen LogP contribution in [0.4, 0.5) is 5.69 Å². The van der Waals surface area contributed by atoms with E-state index < -0.39 is 0 Å². The van der Waals surface area contributed by atoms with Crippen molar-refractivity contribution in [2.24, 2.45) is 12.0 Å². The highest BCUT2D eigenvalue weighted by molar-refractivity contribution is 6.32. The van der Waals surface area contributed by atoms with E-state index >= 15 is 0 Å². The smallest absolute Gasteiger partial charge is 0.283 e. The molecule has 5 rings (SSSR count). The summed E-state index contributed by atoms with van der Waals surface area (Å²) in [5.74, 6) is 0.564. The molecule has 2 aromatic carbocycles. The first-order chi connectivity index (χ1) is 16.0. The molecule has 33 heavy (non-hydrogen) atoms. The molecule has 0 spiro atoms. The van der Waals surface area contributed by atoms with Gasteiger partial charge in [-0.3, -0.25) is 13.9 Å². The first-order valence-electron chi connectivity index (χ1n) is 10.6. The molecule has 0 atom stereocenters. The van der Waals surface area contributed by atoms with Gasteiger partial charge in [-0.1, -0.05) is 29.8 Å². The molecule has 0 fully saturated rings. The number of halogens is 1. The third kappa shape index (κ3) is 3.60. The van der Waals surface area contributed by atoms with Gasteiger partial charge in [0.15, 0.2) is 5.65 Å². The van der Waals surface area contributed by atoms with Gasteiger partial charge in [-0.05, 0) is 55.8 Å². The maximum absolute atomic E-state index is 13.5. The third-order valence-electron chi connectivity index (χ3n) is 5.47. The average molecular weight is 460 g/mol. The number of fused-ring (bicyclic) bond motifs is 3. The van der Waals surface area contributed by atoms with E-state index in [9.17, 15) is 4.79 Å². The third-order valence-corrected chi connectivity index (χ3v) is 5.78. The van der Waals surface area contributed by atoms with Gasteiger partial charge in [0.2, 0.25) is 5.62 Å².